The van der Waals surface area contributed by atoms with E-state index in [1.807, 2.05) is 19.1 Å². The summed E-state index contributed by atoms with van der Waals surface area (Å²) >= 11 is 0. The van der Waals surface area contributed by atoms with E-state index in [9.17, 15) is 4.79 Å². The van der Waals surface area contributed by atoms with Crippen LogP contribution in [0, 0.1) is 0 Å². The average molecular weight is 405 g/mol. The minimum Gasteiger partial charge on any atom is -0.497 e. The molecule has 1 saturated heterocycles. The highest BCUT2D eigenvalue weighted by molar-refractivity contribution is 5.79. The molecule has 1 aliphatic rings. The number of rotatable bonds is 11. The van der Waals surface area contributed by atoms with Gasteiger partial charge in [0.15, 0.2) is 5.96 Å². The van der Waals surface area contributed by atoms with Gasteiger partial charge in [-0.05, 0) is 63.9 Å². The lowest BCUT2D eigenvalue weighted by Gasteiger charge is -2.27. The first-order chi connectivity index (χ1) is 14.2. The minimum atomic E-state index is -0.148. The van der Waals surface area contributed by atoms with Crippen LogP contribution < -0.4 is 15.4 Å². The fraction of sp³-hybridized carbons (Fsp3) is 0.636. The van der Waals surface area contributed by atoms with Crippen molar-refractivity contribution in [3.05, 3.63) is 29.8 Å². The number of hydrogen-bond donors (Lipinski definition) is 2. The Kier molecular flexibility index (Phi) is 10.3. The molecule has 0 saturated carbocycles. The van der Waals surface area contributed by atoms with Gasteiger partial charge >= 0.3 is 5.97 Å². The summed E-state index contributed by atoms with van der Waals surface area (Å²) in [6.07, 6.45) is 3.62. The third kappa shape index (κ3) is 7.93. The zero-order valence-corrected chi connectivity index (χ0v) is 18.1. The Bertz CT molecular complexity index is 627. The maximum absolute atomic E-state index is 11.5. The first kappa shape index (κ1) is 23.0. The number of esters is 1. The highest BCUT2D eigenvalue weighted by atomic mass is 16.5. The fourth-order valence-electron chi connectivity index (χ4n) is 3.50. The van der Waals surface area contributed by atoms with Crippen molar-refractivity contribution in [2.75, 3.05) is 46.4 Å². The second-order valence-corrected chi connectivity index (χ2v) is 7.09. The standard InChI is InChI=1S/C22H36N4O3/c1-4-23-22(24-14-8-9-21(27)29-5-2)25-17-20(26-15-6-7-16-26)18-10-12-19(28-3)13-11-18/h10-13,20H,4-9,14-17H2,1-3H3,(H2,23,24,25). The Morgan fingerprint density at radius 2 is 1.90 bits per heavy atom. The molecular weight excluding hydrogens is 368 g/mol. The van der Waals surface area contributed by atoms with E-state index in [2.05, 4.69) is 34.6 Å². The SMILES string of the molecule is CCNC(=NCC(c1ccc(OC)cc1)N1CCCC1)NCCCC(=O)OCC. The lowest BCUT2D eigenvalue weighted by Crippen LogP contribution is -2.39. The fourth-order valence-corrected chi connectivity index (χ4v) is 3.50. The minimum absolute atomic E-state index is 0.148. The molecule has 7 heteroatoms. The Morgan fingerprint density at radius 1 is 1.17 bits per heavy atom. The van der Waals surface area contributed by atoms with E-state index in [1.165, 1.54) is 18.4 Å². The van der Waals surface area contributed by atoms with Gasteiger partial charge in [0.25, 0.3) is 0 Å². The van der Waals surface area contributed by atoms with Crippen molar-refractivity contribution in [3.63, 3.8) is 0 Å². The van der Waals surface area contributed by atoms with Crippen molar-refractivity contribution in [1.29, 1.82) is 0 Å². The van der Waals surface area contributed by atoms with Gasteiger partial charge in [-0.1, -0.05) is 12.1 Å². The summed E-state index contributed by atoms with van der Waals surface area (Å²) in [4.78, 5) is 18.8. The molecule has 0 radical (unpaired) electrons. The second-order valence-electron chi connectivity index (χ2n) is 7.09. The van der Waals surface area contributed by atoms with Crippen molar-refractivity contribution in [2.45, 2.75) is 45.6 Å². The number of methoxy groups -OCH3 is 1. The van der Waals surface area contributed by atoms with Gasteiger partial charge < -0.3 is 20.1 Å². The molecule has 29 heavy (non-hydrogen) atoms. The molecule has 2 rings (SSSR count). The molecule has 1 aromatic carbocycles. The maximum atomic E-state index is 11.5. The number of ether oxygens (including phenoxy) is 2. The van der Waals surface area contributed by atoms with Gasteiger partial charge in [0.1, 0.15) is 5.75 Å². The molecule has 0 aromatic heterocycles. The summed E-state index contributed by atoms with van der Waals surface area (Å²) < 4.78 is 10.3. The number of aliphatic imine (C=N–C) groups is 1. The van der Waals surface area contributed by atoms with Crippen LogP contribution in [0.4, 0.5) is 0 Å². The van der Waals surface area contributed by atoms with Gasteiger partial charge in [0, 0.05) is 19.5 Å². The molecular formula is C22H36N4O3. The summed E-state index contributed by atoms with van der Waals surface area (Å²) in [5.74, 6) is 1.51. The summed E-state index contributed by atoms with van der Waals surface area (Å²) in [5, 5.41) is 6.62. The van der Waals surface area contributed by atoms with Crippen LogP contribution in [0.1, 0.15) is 51.1 Å². The molecule has 0 bridgehead atoms. The predicted molar refractivity (Wildman–Crippen MR) is 116 cm³/mol. The number of benzene rings is 1. The normalized spacial score (nSPS) is 15.8. The molecule has 1 fully saturated rings. The second kappa shape index (κ2) is 13.0. The molecule has 1 unspecified atom stereocenters. The molecule has 2 N–H and O–H groups in total. The largest absolute Gasteiger partial charge is 0.497 e. The number of nitrogens with zero attached hydrogens (tertiary/aromatic N) is 2. The number of guanidine groups is 1. The van der Waals surface area contributed by atoms with Crippen LogP contribution in [-0.2, 0) is 9.53 Å². The first-order valence-corrected chi connectivity index (χ1v) is 10.7. The maximum Gasteiger partial charge on any atom is 0.305 e. The van der Waals surface area contributed by atoms with Crippen LogP contribution in [0.25, 0.3) is 0 Å². The van der Waals surface area contributed by atoms with E-state index in [-0.39, 0.29) is 12.0 Å². The Hall–Kier alpha value is -2.28. The van der Waals surface area contributed by atoms with Crippen molar-refractivity contribution < 1.29 is 14.3 Å². The Morgan fingerprint density at radius 3 is 2.52 bits per heavy atom. The molecule has 1 aliphatic heterocycles. The van der Waals surface area contributed by atoms with E-state index in [1.54, 1.807) is 7.11 Å². The van der Waals surface area contributed by atoms with Gasteiger partial charge in [-0.2, -0.15) is 0 Å². The molecule has 1 atom stereocenters. The number of hydrogen-bond acceptors (Lipinski definition) is 5. The topological polar surface area (TPSA) is 75.2 Å². The lowest BCUT2D eigenvalue weighted by molar-refractivity contribution is -0.143. The van der Waals surface area contributed by atoms with Crippen LogP contribution in [0.3, 0.4) is 0 Å². The monoisotopic (exact) mass is 404 g/mol. The first-order valence-electron chi connectivity index (χ1n) is 10.7. The molecule has 1 heterocycles. The van der Waals surface area contributed by atoms with E-state index >= 15 is 0 Å². The molecule has 0 aliphatic carbocycles. The quantitative estimate of drug-likeness (QED) is 0.256. The molecule has 0 spiro atoms. The van der Waals surface area contributed by atoms with Crippen molar-refractivity contribution >= 4 is 11.9 Å². The average Bonchev–Trinajstić information content (AvgIpc) is 3.26. The van der Waals surface area contributed by atoms with Crippen LogP contribution in [-0.4, -0.2) is 63.3 Å². The highest BCUT2D eigenvalue weighted by Crippen LogP contribution is 2.27. The summed E-state index contributed by atoms with van der Waals surface area (Å²) in [6, 6.07) is 8.55. The lowest BCUT2D eigenvalue weighted by atomic mass is 10.1. The van der Waals surface area contributed by atoms with Crippen molar-refractivity contribution in [2.24, 2.45) is 4.99 Å². The van der Waals surface area contributed by atoms with Gasteiger partial charge in [-0.15, -0.1) is 0 Å². The van der Waals surface area contributed by atoms with Gasteiger partial charge in [0.05, 0.1) is 26.3 Å². The third-order valence-electron chi connectivity index (χ3n) is 5.00. The molecule has 162 valence electrons. The zero-order chi connectivity index (χ0) is 20.9. The smallest absolute Gasteiger partial charge is 0.305 e. The van der Waals surface area contributed by atoms with Gasteiger partial charge in [-0.3, -0.25) is 14.7 Å². The zero-order valence-electron chi connectivity index (χ0n) is 18.1. The predicted octanol–water partition coefficient (Wildman–Crippen LogP) is 2.73. The van der Waals surface area contributed by atoms with Gasteiger partial charge in [-0.25, -0.2) is 0 Å². The Labute approximate surface area is 174 Å². The summed E-state index contributed by atoms with van der Waals surface area (Å²) in [7, 11) is 1.69. The summed E-state index contributed by atoms with van der Waals surface area (Å²) in [5.41, 5.74) is 1.26. The van der Waals surface area contributed by atoms with E-state index in [0.717, 1.165) is 37.8 Å². The molecule has 0 amide bonds. The Balaban J connectivity index is 1.97. The molecule has 1 aromatic rings. The van der Waals surface area contributed by atoms with Crippen molar-refractivity contribution in [3.8, 4) is 5.75 Å². The van der Waals surface area contributed by atoms with Crippen LogP contribution in [0.2, 0.25) is 0 Å². The van der Waals surface area contributed by atoms with E-state index in [4.69, 9.17) is 14.5 Å². The number of likely N-dealkylation sites (tertiary alicyclic amines) is 1. The van der Waals surface area contributed by atoms with E-state index in [0.29, 0.717) is 26.1 Å². The van der Waals surface area contributed by atoms with Crippen LogP contribution in [0.5, 0.6) is 5.75 Å². The van der Waals surface area contributed by atoms with Gasteiger partial charge in [0.2, 0.25) is 0 Å². The van der Waals surface area contributed by atoms with Crippen LogP contribution >= 0.6 is 0 Å². The highest BCUT2D eigenvalue weighted by Gasteiger charge is 2.23. The number of carbonyl (C=O) groups is 1. The van der Waals surface area contributed by atoms with E-state index < -0.39 is 0 Å². The van der Waals surface area contributed by atoms with Crippen LogP contribution in [0.15, 0.2) is 29.3 Å². The number of carbonyl (C=O) groups excluding carboxylic acids is 1. The third-order valence-corrected chi connectivity index (χ3v) is 5.00. The number of nitrogens with one attached hydrogen (secondary N) is 2. The summed E-state index contributed by atoms with van der Waals surface area (Å²) in [6.45, 7) is 8.68. The van der Waals surface area contributed by atoms with Crippen molar-refractivity contribution in [1.82, 2.24) is 15.5 Å². The molecule has 7 nitrogen and oxygen atoms in total.